The topological polar surface area (TPSA) is 67.5 Å². The van der Waals surface area contributed by atoms with Crippen molar-refractivity contribution < 1.29 is 9.84 Å². The van der Waals surface area contributed by atoms with Gasteiger partial charge in [0.25, 0.3) is 0 Å². The van der Waals surface area contributed by atoms with Crippen molar-refractivity contribution in [1.29, 1.82) is 0 Å². The van der Waals surface area contributed by atoms with Crippen LogP contribution in [0, 0.1) is 0 Å². The van der Waals surface area contributed by atoms with Gasteiger partial charge >= 0.3 is 0 Å². The van der Waals surface area contributed by atoms with Crippen molar-refractivity contribution in [2.24, 2.45) is 5.73 Å². The molecule has 1 atom stereocenters. The van der Waals surface area contributed by atoms with Crippen molar-refractivity contribution in [2.45, 2.75) is 25.8 Å². The van der Waals surface area contributed by atoms with Crippen LogP contribution < -0.4 is 11.1 Å². The second kappa shape index (κ2) is 6.30. The Balaban J connectivity index is 1.92. The van der Waals surface area contributed by atoms with Crippen LogP contribution in [0.3, 0.4) is 0 Å². The first kappa shape index (κ1) is 15.8. The summed E-state index contributed by atoms with van der Waals surface area (Å²) in [6, 6.07) is 7.31. The number of para-hydroxylation sites is 1. The minimum atomic E-state index is -0.160. The Hall–Kier alpha value is -2.72. The Morgan fingerprint density at radius 2 is 2.12 bits per heavy atom. The molecular formula is C21H22N2O2. The third-order valence-corrected chi connectivity index (χ3v) is 4.71. The zero-order chi connectivity index (χ0) is 17.4. The SMILES string of the molecule is CCNC1=CC2=C(CC1)C(c1ccccc1O)=C1C=CC(N)C=C1O2. The molecule has 4 N–H and O–H groups in total. The predicted molar refractivity (Wildman–Crippen MR) is 99.3 cm³/mol. The van der Waals surface area contributed by atoms with E-state index in [0.717, 1.165) is 53.2 Å². The molecule has 0 bridgehead atoms. The zero-order valence-electron chi connectivity index (χ0n) is 14.3. The molecule has 1 heterocycles. The highest BCUT2D eigenvalue weighted by molar-refractivity contribution is 5.90. The summed E-state index contributed by atoms with van der Waals surface area (Å²) in [6.45, 7) is 2.98. The number of fused-ring (bicyclic) bond motifs is 1. The molecule has 4 nitrogen and oxygen atoms in total. The smallest absolute Gasteiger partial charge is 0.133 e. The molecule has 3 aliphatic rings. The van der Waals surface area contributed by atoms with E-state index in [1.807, 2.05) is 36.4 Å². The normalized spacial score (nSPS) is 21.9. The maximum absolute atomic E-state index is 10.4. The van der Waals surface area contributed by atoms with E-state index in [0.29, 0.717) is 0 Å². The second-order valence-electron chi connectivity index (χ2n) is 6.42. The molecule has 0 amide bonds. The predicted octanol–water partition coefficient (Wildman–Crippen LogP) is 3.50. The number of benzene rings is 1. The molecular weight excluding hydrogens is 312 g/mol. The first-order valence-electron chi connectivity index (χ1n) is 8.72. The summed E-state index contributed by atoms with van der Waals surface area (Å²) in [7, 11) is 0. The quantitative estimate of drug-likeness (QED) is 0.791. The molecule has 2 aliphatic carbocycles. The number of allylic oxidation sites excluding steroid dienone is 5. The molecule has 4 rings (SSSR count). The van der Waals surface area contributed by atoms with E-state index < -0.39 is 0 Å². The number of hydrogen-bond donors (Lipinski definition) is 3. The molecule has 0 fully saturated rings. The van der Waals surface area contributed by atoms with E-state index in [2.05, 4.69) is 18.3 Å². The van der Waals surface area contributed by atoms with Crippen LogP contribution in [-0.4, -0.2) is 17.7 Å². The average Bonchev–Trinajstić information content (AvgIpc) is 2.60. The van der Waals surface area contributed by atoms with Crippen LogP contribution in [-0.2, 0) is 4.74 Å². The summed E-state index contributed by atoms with van der Waals surface area (Å²) in [6.07, 6.45) is 9.76. The molecule has 1 unspecified atom stereocenters. The Morgan fingerprint density at radius 3 is 2.92 bits per heavy atom. The third kappa shape index (κ3) is 2.79. The summed E-state index contributed by atoms with van der Waals surface area (Å²) < 4.78 is 6.19. The first-order chi connectivity index (χ1) is 12.2. The van der Waals surface area contributed by atoms with E-state index in [1.165, 1.54) is 5.70 Å². The molecule has 1 aromatic carbocycles. The van der Waals surface area contributed by atoms with Gasteiger partial charge in [-0.3, -0.25) is 0 Å². The molecule has 0 radical (unpaired) electrons. The van der Waals surface area contributed by atoms with E-state index in [1.54, 1.807) is 6.07 Å². The van der Waals surface area contributed by atoms with Gasteiger partial charge in [-0.25, -0.2) is 0 Å². The molecule has 0 saturated heterocycles. The number of rotatable bonds is 3. The van der Waals surface area contributed by atoms with Gasteiger partial charge in [0.15, 0.2) is 0 Å². The Labute approximate surface area is 147 Å². The number of nitrogens with two attached hydrogens (primary N) is 1. The second-order valence-corrected chi connectivity index (χ2v) is 6.42. The van der Waals surface area contributed by atoms with Crippen molar-refractivity contribution in [3.63, 3.8) is 0 Å². The Bertz CT molecular complexity index is 872. The molecule has 0 spiro atoms. The van der Waals surface area contributed by atoms with Gasteiger partial charge in [-0.2, -0.15) is 0 Å². The van der Waals surface area contributed by atoms with Crippen LogP contribution >= 0.6 is 0 Å². The number of phenols is 1. The summed E-state index contributed by atoms with van der Waals surface area (Å²) in [5, 5.41) is 13.8. The lowest BCUT2D eigenvalue weighted by Crippen LogP contribution is -2.22. The number of aromatic hydroxyl groups is 1. The maximum atomic E-state index is 10.4. The molecule has 25 heavy (non-hydrogen) atoms. The van der Waals surface area contributed by atoms with Gasteiger partial charge in [0, 0.05) is 46.6 Å². The van der Waals surface area contributed by atoms with Crippen molar-refractivity contribution >= 4 is 5.57 Å². The highest BCUT2D eigenvalue weighted by Gasteiger charge is 2.30. The fraction of sp³-hybridized carbons (Fsp3) is 0.238. The Kier molecular flexibility index (Phi) is 3.98. The fourth-order valence-corrected chi connectivity index (χ4v) is 3.58. The highest BCUT2D eigenvalue weighted by Crippen LogP contribution is 2.46. The molecule has 1 aliphatic heterocycles. The molecule has 0 saturated carbocycles. The van der Waals surface area contributed by atoms with Gasteiger partial charge < -0.3 is 20.9 Å². The first-order valence-corrected chi connectivity index (χ1v) is 8.72. The van der Waals surface area contributed by atoms with Gasteiger partial charge in [0.05, 0.1) is 0 Å². The summed E-state index contributed by atoms with van der Waals surface area (Å²) in [5.74, 6) is 1.89. The lowest BCUT2D eigenvalue weighted by atomic mass is 9.82. The van der Waals surface area contributed by atoms with Crippen molar-refractivity contribution in [1.82, 2.24) is 5.32 Å². The summed E-state index contributed by atoms with van der Waals surface area (Å²) in [5.41, 5.74) is 11.2. The molecule has 0 aromatic heterocycles. The molecule has 4 heteroatoms. The van der Waals surface area contributed by atoms with E-state index in [-0.39, 0.29) is 11.8 Å². The lowest BCUT2D eigenvalue weighted by molar-refractivity contribution is 0.316. The lowest BCUT2D eigenvalue weighted by Gasteiger charge is -2.31. The van der Waals surface area contributed by atoms with E-state index >= 15 is 0 Å². The van der Waals surface area contributed by atoms with Gasteiger partial charge in [-0.15, -0.1) is 0 Å². The number of phenolic OH excluding ortho intramolecular Hbond substituents is 1. The minimum absolute atomic E-state index is 0.160. The largest absolute Gasteiger partial charge is 0.507 e. The number of ether oxygens (including phenoxy) is 1. The van der Waals surface area contributed by atoms with Gasteiger partial charge in [0.1, 0.15) is 17.3 Å². The van der Waals surface area contributed by atoms with Crippen LogP contribution in [0.4, 0.5) is 0 Å². The van der Waals surface area contributed by atoms with E-state index in [4.69, 9.17) is 10.5 Å². The molecule has 1 aromatic rings. The van der Waals surface area contributed by atoms with Crippen LogP contribution in [0.5, 0.6) is 5.75 Å². The average molecular weight is 334 g/mol. The van der Waals surface area contributed by atoms with Crippen LogP contribution in [0.15, 0.2) is 76.9 Å². The van der Waals surface area contributed by atoms with Crippen LogP contribution in [0.1, 0.15) is 25.3 Å². The van der Waals surface area contributed by atoms with Crippen LogP contribution in [0.2, 0.25) is 0 Å². The number of nitrogens with one attached hydrogen (secondary N) is 1. The summed E-state index contributed by atoms with van der Waals surface area (Å²) in [4.78, 5) is 0. The van der Waals surface area contributed by atoms with Crippen molar-refractivity contribution in [2.75, 3.05) is 6.54 Å². The monoisotopic (exact) mass is 334 g/mol. The third-order valence-electron chi connectivity index (χ3n) is 4.71. The van der Waals surface area contributed by atoms with Gasteiger partial charge in [0.2, 0.25) is 0 Å². The van der Waals surface area contributed by atoms with Gasteiger partial charge in [-0.1, -0.05) is 30.4 Å². The summed E-state index contributed by atoms with van der Waals surface area (Å²) >= 11 is 0. The van der Waals surface area contributed by atoms with Crippen molar-refractivity contribution in [3.8, 4) is 5.75 Å². The standard InChI is InChI=1S/C21H22N2O2/c1-2-23-14-8-10-17-20(12-14)25-19-11-13(22)7-9-16(19)21(17)15-5-3-4-6-18(15)24/h3-7,9,11-13,23-24H,2,8,10,22H2,1H3. The highest BCUT2D eigenvalue weighted by atomic mass is 16.5. The maximum Gasteiger partial charge on any atom is 0.133 e. The van der Waals surface area contributed by atoms with Crippen molar-refractivity contribution in [3.05, 3.63) is 82.5 Å². The minimum Gasteiger partial charge on any atom is -0.507 e. The zero-order valence-corrected chi connectivity index (χ0v) is 14.3. The van der Waals surface area contributed by atoms with Gasteiger partial charge in [-0.05, 0) is 31.9 Å². The number of hydrogen-bond acceptors (Lipinski definition) is 4. The van der Waals surface area contributed by atoms with Crippen LogP contribution in [0.25, 0.3) is 5.57 Å². The fourth-order valence-electron chi connectivity index (χ4n) is 3.58. The Morgan fingerprint density at radius 1 is 1.28 bits per heavy atom. The van der Waals surface area contributed by atoms with E-state index in [9.17, 15) is 5.11 Å². The molecule has 128 valence electrons.